The van der Waals surface area contributed by atoms with Gasteiger partial charge in [-0.1, -0.05) is 26.0 Å². The lowest BCUT2D eigenvalue weighted by molar-refractivity contribution is -0.151. The number of carbonyl (C=O) groups excluding carboxylic acids is 2. The van der Waals surface area contributed by atoms with Crippen LogP contribution in [0.15, 0.2) is 65.1 Å². The van der Waals surface area contributed by atoms with Gasteiger partial charge in [0.2, 0.25) is 10.0 Å². The van der Waals surface area contributed by atoms with Crippen LogP contribution in [0.2, 0.25) is 0 Å². The van der Waals surface area contributed by atoms with Crippen LogP contribution in [0.4, 0.5) is 14.9 Å². The molecular weight excluding hydrogens is 704 g/mol. The first kappa shape index (κ1) is 40.2. The second kappa shape index (κ2) is 17.9. The third-order valence-electron chi connectivity index (χ3n) is 10.3. The molecule has 53 heavy (non-hydrogen) atoms. The number of benzene rings is 2. The van der Waals surface area contributed by atoms with Crippen molar-refractivity contribution in [2.75, 3.05) is 71.4 Å². The molecule has 2 saturated heterocycles. The van der Waals surface area contributed by atoms with E-state index in [9.17, 15) is 23.1 Å². The van der Waals surface area contributed by atoms with Gasteiger partial charge in [0.05, 0.1) is 24.5 Å². The lowest BCUT2D eigenvalue weighted by Gasteiger charge is -2.35. The fraction of sp³-hybridized carbons (Fsp3) is 0.538. The smallest absolute Gasteiger partial charge is 0.410 e. The number of piperazine rings is 2. The molecule has 290 valence electrons. The molecule has 0 unspecified atom stereocenters. The molecule has 0 spiro atoms. The van der Waals surface area contributed by atoms with E-state index in [1.165, 1.54) is 35.7 Å². The fourth-order valence-electron chi connectivity index (χ4n) is 6.92. The average molecular weight is 757 g/mol. The Kier molecular flexibility index (Phi) is 13.6. The third-order valence-corrected chi connectivity index (χ3v) is 12.2. The molecule has 5 atom stereocenters. The Balaban J connectivity index is 1.31. The molecule has 0 aromatic heterocycles. The number of cyclic esters (lactones) is 1. The van der Waals surface area contributed by atoms with E-state index in [-0.39, 0.29) is 42.3 Å². The van der Waals surface area contributed by atoms with Crippen molar-refractivity contribution in [3.8, 4) is 5.75 Å². The van der Waals surface area contributed by atoms with Gasteiger partial charge in [0.25, 0.3) is 0 Å². The van der Waals surface area contributed by atoms with Crippen LogP contribution in [0.1, 0.15) is 45.6 Å². The van der Waals surface area contributed by atoms with Crippen molar-refractivity contribution in [2.45, 2.75) is 63.2 Å². The van der Waals surface area contributed by atoms with Crippen LogP contribution in [-0.4, -0.2) is 125 Å². The summed E-state index contributed by atoms with van der Waals surface area (Å²) in [5.41, 5.74) is 1.82. The summed E-state index contributed by atoms with van der Waals surface area (Å²) < 4.78 is 60.2. The van der Waals surface area contributed by atoms with Gasteiger partial charge >= 0.3 is 12.1 Å². The normalized spacial score (nSPS) is 26.6. The zero-order valence-electron chi connectivity index (χ0n) is 31.3. The maximum absolute atomic E-state index is 15.1. The van der Waals surface area contributed by atoms with E-state index in [2.05, 4.69) is 4.90 Å². The summed E-state index contributed by atoms with van der Waals surface area (Å²) in [5.74, 6) is -0.885. The van der Waals surface area contributed by atoms with Gasteiger partial charge in [-0.25, -0.2) is 17.6 Å². The van der Waals surface area contributed by atoms with Gasteiger partial charge in [-0.15, -0.1) is 0 Å². The zero-order chi connectivity index (χ0) is 38.3. The summed E-state index contributed by atoms with van der Waals surface area (Å²) in [5, 5.41) is 10.7. The number of hydrogen-bond acceptors (Lipinski definition) is 10. The molecule has 3 aliphatic rings. The Morgan fingerprint density at radius 3 is 2.30 bits per heavy atom. The first-order valence-electron chi connectivity index (χ1n) is 18.3. The van der Waals surface area contributed by atoms with E-state index >= 15 is 4.39 Å². The Bertz CT molecular complexity index is 1740. The molecule has 0 aliphatic carbocycles. The van der Waals surface area contributed by atoms with Crippen LogP contribution >= 0.6 is 0 Å². The molecular formula is C39H53FN4O8S. The molecule has 3 heterocycles. The van der Waals surface area contributed by atoms with Crippen LogP contribution in [0.25, 0.3) is 6.08 Å². The van der Waals surface area contributed by atoms with Gasteiger partial charge in [0, 0.05) is 64.0 Å². The lowest BCUT2D eigenvalue weighted by atomic mass is 9.91. The summed E-state index contributed by atoms with van der Waals surface area (Å²) in [6, 6.07) is 10.9. The Hall–Kier alpha value is -3.98. The monoisotopic (exact) mass is 756 g/mol. The van der Waals surface area contributed by atoms with Gasteiger partial charge in [-0.05, 0) is 92.4 Å². The molecule has 0 radical (unpaired) electrons. The average Bonchev–Trinajstić information content (AvgIpc) is 3.14. The lowest BCUT2D eigenvalue weighted by Crippen LogP contribution is -2.48. The van der Waals surface area contributed by atoms with E-state index in [0.29, 0.717) is 61.6 Å². The van der Waals surface area contributed by atoms with Gasteiger partial charge in [0.1, 0.15) is 23.8 Å². The predicted octanol–water partition coefficient (Wildman–Crippen LogP) is 4.79. The standard InChI is InChI=1S/C39H53FN4O8S/c1-27-6-8-33(45)26-37(46)52-38(28(2)7-13-36(27)51-39(47)43-16-14-41(4)15-17-43)29(3)22-30-23-31(40)25-32(24-30)42-18-20-44(21-19-42)53(48,49)35-11-9-34(50-5)10-12-35/h7,9-13,22-25,27-28,33,36,38,45H,6,8,14-21,26H2,1-5H3/b13-7-,29-22+/t27-,28+,33+,36+,38+/m1/s1. The molecule has 1 amide bonds. The van der Waals surface area contributed by atoms with Crippen molar-refractivity contribution in [1.82, 2.24) is 14.1 Å². The first-order valence-corrected chi connectivity index (χ1v) is 19.8. The molecule has 3 aliphatic heterocycles. The number of methoxy groups -OCH3 is 1. The van der Waals surface area contributed by atoms with Crippen molar-refractivity contribution < 1.29 is 41.7 Å². The van der Waals surface area contributed by atoms with Crippen LogP contribution in [0.3, 0.4) is 0 Å². The third kappa shape index (κ3) is 10.6. The number of esters is 1. The molecule has 2 fully saturated rings. The maximum Gasteiger partial charge on any atom is 0.410 e. The van der Waals surface area contributed by atoms with E-state index < -0.39 is 40.1 Å². The maximum atomic E-state index is 15.1. The number of sulfonamides is 1. The Morgan fingerprint density at radius 1 is 0.962 bits per heavy atom. The van der Waals surface area contributed by atoms with Gasteiger partial charge in [-0.3, -0.25) is 4.79 Å². The van der Waals surface area contributed by atoms with Crippen molar-refractivity contribution in [1.29, 1.82) is 0 Å². The number of aliphatic hydroxyl groups is 1. The van der Waals surface area contributed by atoms with Crippen LogP contribution in [0, 0.1) is 17.7 Å². The zero-order valence-corrected chi connectivity index (χ0v) is 32.1. The van der Waals surface area contributed by atoms with Crippen LogP contribution in [-0.2, 0) is 24.3 Å². The van der Waals surface area contributed by atoms with Crippen molar-refractivity contribution in [3.63, 3.8) is 0 Å². The van der Waals surface area contributed by atoms with Crippen LogP contribution < -0.4 is 9.64 Å². The highest BCUT2D eigenvalue weighted by molar-refractivity contribution is 7.89. The number of rotatable bonds is 7. The second-order valence-corrected chi connectivity index (χ2v) is 16.3. The predicted molar refractivity (Wildman–Crippen MR) is 201 cm³/mol. The minimum Gasteiger partial charge on any atom is -0.497 e. The van der Waals surface area contributed by atoms with Gasteiger partial charge < -0.3 is 34.0 Å². The highest BCUT2D eigenvalue weighted by Crippen LogP contribution is 2.29. The summed E-state index contributed by atoms with van der Waals surface area (Å²) in [7, 11) is -0.171. The van der Waals surface area contributed by atoms with E-state index in [1.807, 2.05) is 50.9 Å². The number of aliphatic hydroxyl groups excluding tert-OH is 1. The summed E-state index contributed by atoms with van der Waals surface area (Å²) in [6.45, 7) is 9.58. The Morgan fingerprint density at radius 2 is 1.64 bits per heavy atom. The van der Waals surface area contributed by atoms with Gasteiger partial charge in [0.15, 0.2) is 0 Å². The molecule has 2 aromatic carbocycles. The largest absolute Gasteiger partial charge is 0.497 e. The minimum absolute atomic E-state index is 0.106. The number of nitrogens with zero attached hydrogens (tertiary/aromatic N) is 4. The molecule has 1 N–H and O–H groups in total. The number of anilines is 1. The molecule has 12 nitrogen and oxygen atoms in total. The topological polar surface area (TPSA) is 129 Å². The number of hydrogen-bond donors (Lipinski definition) is 1. The molecule has 2 aromatic rings. The van der Waals surface area contributed by atoms with E-state index in [0.717, 1.165) is 13.1 Å². The Labute approximate surface area is 312 Å². The molecule has 0 bridgehead atoms. The summed E-state index contributed by atoms with van der Waals surface area (Å²) in [6.07, 6.45) is 3.64. The summed E-state index contributed by atoms with van der Waals surface area (Å²) in [4.78, 5) is 32.1. The fourth-order valence-corrected chi connectivity index (χ4v) is 8.34. The summed E-state index contributed by atoms with van der Waals surface area (Å²) >= 11 is 0. The number of amides is 1. The van der Waals surface area contributed by atoms with Crippen molar-refractivity contribution in [3.05, 3.63) is 71.6 Å². The van der Waals surface area contributed by atoms with Crippen molar-refractivity contribution in [2.24, 2.45) is 11.8 Å². The first-order chi connectivity index (χ1) is 25.2. The second-order valence-electron chi connectivity index (χ2n) is 14.4. The highest BCUT2D eigenvalue weighted by atomic mass is 32.2. The van der Waals surface area contributed by atoms with Crippen LogP contribution in [0.5, 0.6) is 5.75 Å². The quantitative estimate of drug-likeness (QED) is 0.311. The number of likely N-dealkylation sites (N-methyl/N-ethyl adjacent to an activating group) is 1. The minimum atomic E-state index is -3.71. The van der Waals surface area contributed by atoms with E-state index in [1.54, 1.807) is 23.1 Å². The van der Waals surface area contributed by atoms with Gasteiger partial charge in [-0.2, -0.15) is 4.31 Å². The number of ether oxygens (including phenoxy) is 3. The molecule has 14 heteroatoms. The van der Waals surface area contributed by atoms with Crippen molar-refractivity contribution >= 4 is 33.8 Å². The number of halogens is 1. The number of carbonyl (C=O) groups is 2. The highest BCUT2D eigenvalue weighted by Gasteiger charge is 2.31. The SMILES string of the molecule is COc1ccc(S(=O)(=O)N2CCN(c3cc(F)cc(/C=C(\C)[C@H]4OC(=O)C[C@@H](O)CC[C@@H](C)[C@@H](OC(=O)N5CCN(C)CC5)/C=C\[C@@H]4C)c3)CC2)cc1. The molecule has 0 saturated carbocycles. The van der Waals surface area contributed by atoms with E-state index in [4.69, 9.17) is 14.2 Å². The molecule has 5 rings (SSSR count).